The molecule has 0 saturated heterocycles. The molecule has 1 atom stereocenters. The molecule has 1 heterocycles. The van der Waals surface area contributed by atoms with Gasteiger partial charge < -0.3 is 19.2 Å². The average molecular weight is 227 g/mol. The second-order valence-electron chi connectivity index (χ2n) is 3.90. The second-order valence-corrected chi connectivity index (χ2v) is 3.90. The van der Waals surface area contributed by atoms with Crippen molar-refractivity contribution in [2.75, 3.05) is 20.8 Å². The maximum Gasteiger partial charge on any atom is 0.130 e. The summed E-state index contributed by atoms with van der Waals surface area (Å²) in [5, 5.41) is 3.10. The Morgan fingerprint density at radius 3 is 2.88 bits per heavy atom. The van der Waals surface area contributed by atoms with Gasteiger partial charge in [-0.2, -0.15) is 0 Å². The largest absolute Gasteiger partial charge is 0.464 e. The Morgan fingerprint density at radius 1 is 1.50 bits per heavy atom. The maximum absolute atomic E-state index is 5.59. The van der Waals surface area contributed by atoms with Gasteiger partial charge in [0.05, 0.1) is 12.7 Å². The van der Waals surface area contributed by atoms with Crippen LogP contribution in [0.2, 0.25) is 0 Å². The number of nitrogens with one attached hydrogen (secondary N) is 1. The number of hydrogen-bond acceptors (Lipinski definition) is 4. The highest BCUT2D eigenvalue weighted by Crippen LogP contribution is 2.15. The number of furan rings is 1. The first-order valence-electron chi connectivity index (χ1n) is 5.50. The minimum atomic E-state index is 0.0863. The molecule has 16 heavy (non-hydrogen) atoms. The van der Waals surface area contributed by atoms with Gasteiger partial charge in [-0.05, 0) is 27.0 Å². The topological polar surface area (TPSA) is 43.6 Å². The van der Waals surface area contributed by atoms with E-state index in [-0.39, 0.29) is 6.10 Å². The Labute approximate surface area is 96.9 Å². The Hall–Kier alpha value is -0.840. The quantitative estimate of drug-likeness (QED) is 0.772. The van der Waals surface area contributed by atoms with Crippen molar-refractivity contribution < 1.29 is 13.9 Å². The van der Waals surface area contributed by atoms with Crippen LogP contribution in [0.5, 0.6) is 0 Å². The standard InChI is InChI=1S/C12H21NO3/c1-9(7-14-4)15-8-12-5-11(6-13-3)10(2)16-12/h5,9,13H,6-8H2,1-4H3. The van der Waals surface area contributed by atoms with E-state index >= 15 is 0 Å². The predicted octanol–water partition coefficient (Wildman–Crippen LogP) is 1.86. The van der Waals surface area contributed by atoms with E-state index in [9.17, 15) is 0 Å². The fourth-order valence-corrected chi connectivity index (χ4v) is 1.53. The van der Waals surface area contributed by atoms with Crippen molar-refractivity contribution in [1.82, 2.24) is 5.32 Å². The van der Waals surface area contributed by atoms with E-state index in [1.807, 2.05) is 27.0 Å². The first-order chi connectivity index (χ1) is 7.67. The highest BCUT2D eigenvalue weighted by Gasteiger charge is 2.08. The summed E-state index contributed by atoms with van der Waals surface area (Å²) in [4.78, 5) is 0. The molecule has 0 fully saturated rings. The lowest BCUT2D eigenvalue weighted by atomic mass is 10.2. The molecule has 1 unspecified atom stereocenters. The van der Waals surface area contributed by atoms with Crippen molar-refractivity contribution in [2.45, 2.75) is 33.1 Å². The normalized spacial score (nSPS) is 13.0. The van der Waals surface area contributed by atoms with Gasteiger partial charge in [0.25, 0.3) is 0 Å². The van der Waals surface area contributed by atoms with Crippen LogP contribution in [0, 0.1) is 6.92 Å². The SMILES string of the molecule is CNCc1cc(COC(C)COC)oc1C. The summed E-state index contributed by atoms with van der Waals surface area (Å²) in [6.45, 7) is 5.86. The first kappa shape index (κ1) is 13.2. The zero-order chi connectivity index (χ0) is 12.0. The van der Waals surface area contributed by atoms with Gasteiger partial charge in [0, 0.05) is 19.2 Å². The Kier molecular flexibility index (Phi) is 5.52. The summed E-state index contributed by atoms with van der Waals surface area (Å²) in [7, 11) is 3.59. The Bertz CT molecular complexity index is 309. The zero-order valence-electron chi connectivity index (χ0n) is 10.5. The molecule has 4 nitrogen and oxygen atoms in total. The molecule has 1 aromatic heterocycles. The molecule has 1 rings (SSSR count). The van der Waals surface area contributed by atoms with E-state index in [2.05, 4.69) is 5.32 Å². The molecule has 1 N–H and O–H groups in total. The fraction of sp³-hybridized carbons (Fsp3) is 0.667. The van der Waals surface area contributed by atoms with Crippen molar-refractivity contribution in [3.05, 3.63) is 23.2 Å². The molecular weight excluding hydrogens is 206 g/mol. The molecule has 0 amide bonds. The Balaban J connectivity index is 2.45. The van der Waals surface area contributed by atoms with Crippen LogP contribution in [0.15, 0.2) is 10.5 Å². The average Bonchev–Trinajstić information content (AvgIpc) is 2.58. The number of methoxy groups -OCH3 is 1. The summed E-state index contributed by atoms with van der Waals surface area (Å²) < 4.78 is 16.2. The van der Waals surface area contributed by atoms with Gasteiger partial charge in [-0.25, -0.2) is 0 Å². The van der Waals surface area contributed by atoms with Crippen molar-refractivity contribution in [1.29, 1.82) is 0 Å². The summed E-state index contributed by atoms with van der Waals surface area (Å²) in [6, 6.07) is 2.03. The number of ether oxygens (including phenoxy) is 2. The molecule has 92 valence electrons. The molecular formula is C12H21NO3. The minimum absolute atomic E-state index is 0.0863. The predicted molar refractivity (Wildman–Crippen MR) is 62.3 cm³/mol. The van der Waals surface area contributed by atoms with Gasteiger partial charge in [-0.1, -0.05) is 0 Å². The second kappa shape index (κ2) is 6.68. The molecule has 0 bridgehead atoms. The highest BCUT2D eigenvalue weighted by atomic mass is 16.5. The van der Waals surface area contributed by atoms with E-state index in [0.717, 1.165) is 18.1 Å². The van der Waals surface area contributed by atoms with Crippen molar-refractivity contribution >= 4 is 0 Å². The van der Waals surface area contributed by atoms with Crippen LogP contribution in [0.1, 0.15) is 24.0 Å². The fourth-order valence-electron chi connectivity index (χ4n) is 1.53. The van der Waals surface area contributed by atoms with Gasteiger partial charge >= 0.3 is 0 Å². The van der Waals surface area contributed by atoms with Crippen LogP contribution in [-0.4, -0.2) is 26.9 Å². The monoisotopic (exact) mass is 227 g/mol. The molecule has 1 aromatic rings. The lowest BCUT2D eigenvalue weighted by Gasteiger charge is -2.09. The van der Waals surface area contributed by atoms with Crippen LogP contribution in [0.25, 0.3) is 0 Å². The minimum Gasteiger partial charge on any atom is -0.464 e. The van der Waals surface area contributed by atoms with E-state index in [1.165, 1.54) is 5.56 Å². The summed E-state index contributed by atoms with van der Waals surface area (Å²) in [6.07, 6.45) is 0.0863. The smallest absolute Gasteiger partial charge is 0.130 e. The van der Waals surface area contributed by atoms with Crippen LogP contribution < -0.4 is 5.32 Å². The molecule has 0 aromatic carbocycles. The van der Waals surface area contributed by atoms with Crippen LogP contribution in [0.4, 0.5) is 0 Å². The third-order valence-electron chi connectivity index (χ3n) is 2.35. The van der Waals surface area contributed by atoms with Crippen molar-refractivity contribution in [3.63, 3.8) is 0 Å². The first-order valence-corrected chi connectivity index (χ1v) is 5.50. The van der Waals surface area contributed by atoms with Crippen LogP contribution in [-0.2, 0) is 22.6 Å². The lowest BCUT2D eigenvalue weighted by Crippen LogP contribution is -2.14. The number of hydrogen-bond donors (Lipinski definition) is 1. The lowest BCUT2D eigenvalue weighted by molar-refractivity contribution is -0.00654. The summed E-state index contributed by atoms with van der Waals surface area (Å²) >= 11 is 0. The van der Waals surface area contributed by atoms with Gasteiger partial charge in [0.15, 0.2) is 0 Å². The molecule has 4 heteroatoms. The molecule has 0 aliphatic heterocycles. The van der Waals surface area contributed by atoms with Crippen molar-refractivity contribution in [3.8, 4) is 0 Å². The van der Waals surface area contributed by atoms with Gasteiger partial charge in [-0.3, -0.25) is 0 Å². The maximum atomic E-state index is 5.59. The third kappa shape index (κ3) is 3.96. The van der Waals surface area contributed by atoms with E-state index < -0.39 is 0 Å². The summed E-state index contributed by atoms with van der Waals surface area (Å²) in [5.74, 6) is 1.82. The highest BCUT2D eigenvalue weighted by molar-refractivity contribution is 5.20. The third-order valence-corrected chi connectivity index (χ3v) is 2.35. The zero-order valence-corrected chi connectivity index (χ0v) is 10.5. The van der Waals surface area contributed by atoms with Gasteiger partial charge in [0.1, 0.15) is 18.1 Å². The number of rotatable bonds is 7. The van der Waals surface area contributed by atoms with Gasteiger partial charge in [0.2, 0.25) is 0 Å². The molecule has 0 spiro atoms. The summed E-state index contributed by atoms with van der Waals surface area (Å²) in [5.41, 5.74) is 1.18. The Morgan fingerprint density at radius 2 is 2.25 bits per heavy atom. The van der Waals surface area contributed by atoms with Crippen molar-refractivity contribution in [2.24, 2.45) is 0 Å². The number of aryl methyl sites for hydroxylation is 1. The molecule has 0 aliphatic carbocycles. The van der Waals surface area contributed by atoms with E-state index in [1.54, 1.807) is 7.11 Å². The van der Waals surface area contributed by atoms with Crippen LogP contribution >= 0.6 is 0 Å². The van der Waals surface area contributed by atoms with E-state index in [4.69, 9.17) is 13.9 Å². The van der Waals surface area contributed by atoms with E-state index in [0.29, 0.717) is 13.2 Å². The van der Waals surface area contributed by atoms with Gasteiger partial charge in [-0.15, -0.1) is 0 Å². The molecule has 0 saturated carbocycles. The molecule has 0 radical (unpaired) electrons. The molecule has 0 aliphatic rings. The van der Waals surface area contributed by atoms with Crippen LogP contribution in [0.3, 0.4) is 0 Å².